The number of ether oxygens (including phenoxy) is 1. The molecule has 9 nitrogen and oxygen atoms in total. The summed E-state index contributed by atoms with van der Waals surface area (Å²) in [6.45, 7) is 2.81. The second kappa shape index (κ2) is 7.44. The molecule has 2 aromatic heterocycles. The lowest BCUT2D eigenvalue weighted by atomic mass is 9.53. The van der Waals surface area contributed by atoms with Gasteiger partial charge < -0.3 is 20.1 Å². The van der Waals surface area contributed by atoms with Crippen molar-refractivity contribution in [2.45, 2.75) is 63.8 Å². The van der Waals surface area contributed by atoms with Gasteiger partial charge in [0.1, 0.15) is 11.3 Å². The summed E-state index contributed by atoms with van der Waals surface area (Å²) in [6, 6.07) is 0. The van der Waals surface area contributed by atoms with Crippen LogP contribution in [0.4, 0.5) is 5.82 Å². The first-order valence-electron chi connectivity index (χ1n) is 10.4. The quantitative estimate of drug-likeness (QED) is 0.601. The molecule has 5 rings (SSSR count). The highest BCUT2D eigenvalue weighted by molar-refractivity contribution is 5.83. The van der Waals surface area contributed by atoms with Crippen LogP contribution >= 0.6 is 0 Å². The number of rotatable bonds is 7. The standard InChI is InChI=1S/C20H29N5O4/c1-3-11-25-15-13(14(21-10-12-26)23-18(25)28)22-16(24-15)19-4-7-20(8-5-19,9-6-19)17(27)29-2/h26H,3-12H2,1-2H3,(H,22,24)(H,21,23,28). The number of H-pyrrole nitrogens is 1. The molecule has 2 heterocycles. The van der Waals surface area contributed by atoms with Crippen LogP contribution in [0, 0.1) is 5.41 Å². The molecule has 2 aromatic rings. The van der Waals surface area contributed by atoms with E-state index in [1.807, 2.05) is 6.92 Å². The van der Waals surface area contributed by atoms with Gasteiger partial charge in [-0.2, -0.15) is 4.98 Å². The number of fused-ring (bicyclic) bond motifs is 4. The van der Waals surface area contributed by atoms with Crippen molar-refractivity contribution in [1.82, 2.24) is 19.5 Å². The van der Waals surface area contributed by atoms with Gasteiger partial charge in [-0.05, 0) is 44.9 Å². The summed E-state index contributed by atoms with van der Waals surface area (Å²) in [4.78, 5) is 37.4. The molecule has 3 N–H and O–H groups in total. The van der Waals surface area contributed by atoms with E-state index < -0.39 is 0 Å². The lowest BCUT2D eigenvalue weighted by Crippen LogP contribution is -2.48. The van der Waals surface area contributed by atoms with Gasteiger partial charge in [-0.1, -0.05) is 6.92 Å². The Balaban J connectivity index is 1.75. The van der Waals surface area contributed by atoms with Crippen LogP contribution in [-0.4, -0.2) is 50.9 Å². The molecule has 3 aliphatic rings. The Morgan fingerprint density at radius 3 is 2.52 bits per heavy atom. The zero-order valence-corrected chi connectivity index (χ0v) is 17.1. The summed E-state index contributed by atoms with van der Waals surface area (Å²) in [5.74, 6) is 1.21. The molecule has 0 aromatic carbocycles. The lowest BCUT2D eigenvalue weighted by Gasteiger charge is -2.50. The molecule has 0 spiro atoms. The molecule has 29 heavy (non-hydrogen) atoms. The van der Waals surface area contributed by atoms with E-state index in [0.29, 0.717) is 30.1 Å². The number of carbonyl (C=O) groups is 1. The SMILES string of the molecule is CCCn1c(=O)nc(NCCO)c2[nH]c(C34CCC(C(=O)OC)(CC3)CC4)nc21. The molecular weight excluding hydrogens is 374 g/mol. The summed E-state index contributed by atoms with van der Waals surface area (Å²) in [7, 11) is 1.47. The van der Waals surface area contributed by atoms with Gasteiger partial charge >= 0.3 is 11.7 Å². The maximum Gasteiger partial charge on any atom is 0.351 e. The highest BCUT2D eigenvalue weighted by Gasteiger charge is 2.54. The molecule has 3 fully saturated rings. The minimum absolute atomic E-state index is 0.0538. The average Bonchev–Trinajstić information content (AvgIpc) is 3.21. The molecule has 3 aliphatic carbocycles. The predicted octanol–water partition coefficient (Wildman–Crippen LogP) is 1.70. The number of nitrogens with zero attached hydrogens (tertiary/aromatic N) is 3. The van der Waals surface area contributed by atoms with E-state index in [9.17, 15) is 9.59 Å². The lowest BCUT2D eigenvalue weighted by molar-refractivity contribution is -0.160. The maximum absolute atomic E-state index is 12.5. The fourth-order valence-electron chi connectivity index (χ4n) is 5.07. The smallest absolute Gasteiger partial charge is 0.351 e. The first-order valence-corrected chi connectivity index (χ1v) is 10.4. The molecule has 2 bridgehead atoms. The molecule has 9 heteroatoms. The number of aliphatic hydroxyl groups excluding tert-OH is 1. The summed E-state index contributed by atoms with van der Waals surface area (Å²) < 4.78 is 6.68. The van der Waals surface area contributed by atoms with Gasteiger partial charge in [-0.3, -0.25) is 9.36 Å². The molecule has 0 unspecified atom stereocenters. The number of aromatic nitrogens is 4. The number of esters is 1. The summed E-state index contributed by atoms with van der Waals surface area (Å²) in [5.41, 5.74) is 0.504. The Hall–Kier alpha value is -2.42. The molecule has 0 radical (unpaired) electrons. The number of imidazole rings is 1. The summed E-state index contributed by atoms with van der Waals surface area (Å²) >= 11 is 0. The third kappa shape index (κ3) is 3.11. The van der Waals surface area contributed by atoms with Crippen LogP contribution in [0.5, 0.6) is 0 Å². The van der Waals surface area contributed by atoms with Crippen molar-refractivity contribution in [2.75, 3.05) is 25.6 Å². The topological polar surface area (TPSA) is 122 Å². The Morgan fingerprint density at radius 2 is 1.93 bits per heavy atom. The number of methoxy groups -OCH3 is 1. The van der Waals surface area contributed by atoms with E-state index >= 15 is 0 Å². The van der Waals surface area contributed by atoms with Crippen molar-refractivity contribution < 1.29 is 14.6 Å². The van der Waals surface area contributed by atoms with Gasteiger partial charge in [0.25, 0.3) is 0 Å². The van der Waals surface area contributed by atoms with Gasteiger partial charge in [-0.15, -0.1) is 0 Å². The van der Waals surface area contributed by atoms with Gasteiger partial charge in [0.15, 0.2) is 11.5 Å². The van der Waals surface area contributed by atoms with Gasteiger partial charge in [0.2, 0.25) is 0 Å². The van der Waals surface area contributed by atoms with Crippen LogP contribution in [0.15, 0.2) is 4.79 Å². The second-order valence-corrected chi connectivity index (χ2v) is 8.38. The van der Waals surface area contributed by atoms with Crippen molar-refractivity contribution in [3.63, 3.8) is 0 Å². The summed E-state index contributed by atoms with van der Waals surface area (Å²) in [5, 5.41) is 12.2. The third-order valence-corrected chi connectivity index (χ3v) is 6.83. The predicted molar refractivity (Wildman–Crippen MR) is 108 cm³/mol. The van der Waals surface area contributed by atoms with Crippen molar-refractivity contribution in [1.29, 1.82) is 0 Å². The molecule has 0 saturated heterocycles. The minimum atomic E-state index is -0.345. The minimum Gasteiger partial charge on any atom is -0.469 e. The monoisotopic (exact) mass is 403 g/mol. The number of anilines is 1. The van der Waals surface area contributed by atoms with Crippen LogP contribution in [0.2, 0.25) is 0 Å². The first kappa shape index (κ1) is 19.9. The van der Waals surface area contributed by atoms with Gasteiger partial charge in [0.05, 0.1) is 19.1 Å². The molecule has 3 saturated carbocycles. The Labute approximate surface area is 168 Å². The van der Waals surface area contributed by atoms with Crippen LogP contribution in [0.25, 0.3) is 11.2 Å². The number of carbonyl (C=O) groups excluding carboxylic acids is 1. The van der Waals surface area contributed by atoms with Crippen molar-refractivity contribution in [2.24, 2.45) is 5.41 Å². The van der Waals surface area contributed by atoms with E-state index in [0.717, 1.165) is 50.8 Å². The van der Waals surface area contributed by atoms with Crippen LogP contribution in [-0.2, 0) is 21.5 Å². The normalized spacial score (nSPS) is 26.0. The molecular formula is C20H29N5O4. The van der Waals surface area contributed by atoms with Gasteiger partial charge in [0, 0.05) is 18.5 Å². The second-order valence-electron chi connectivity index (χ2n) is 8.38. The zero-order valence-electron chi connectivity index (χ0n) is 17.1. The number of aromatic amines is 1. The number of nitrogens with one attached hydrogen (secondary N) is 2. The molecule has 0 atom stereocenters. The molecule has 0 amide bonds. The van der Waals surface area contributed by atoms with Crippen molar-refractivity contribution >= 4 is 23.0 Å². The molecule has 0 aliphatic heterocycles. The van der Waals surface area contributed by atoms with Crippen LogP contribution < -0.4 is 11.0 Å². The van der Waals surface area contributed by atoms with Crippen LogP contribution in [0.3, 0.4) is 0 Å². The van der Waals surface area contributed by atoms with Crippen molar-refractivity contribution in [3.8, 4) is 0 Å². The van der Waals surface area contributed by atoms with E-state index in [4.69, 9.17) is 14.8 Å². The number of aliphatic hydroxyl groups is 1. The van der Waals surface area contributed by atoms with E-state index in [-0.39, 0.29) is 29.1 Å². The molecule has 158 valence electrons. The fraction of sp³-hybridized carbons (Fsp3) is 0.700. The van der Waals surface area contributed by atoms with Crippen molar-refractivity contribution in [3.05, 3.63) is 16.3 Å². The van der Waals surface area contributed by atoms with E-state index in [2.05, 4.69) is 15.3 Å². The zero-order chi connectivity index (χ0) is 20.6. The van der Waals surface area contributed by atoms with Crippen LogP contribution in [0.1, 0.15) is 57.7 Å². The Kier molecular flexibility index (Phi) is 5.10. The number of aryl methyl sites for hydroxylation is 1. The third-order valence-electron chi connectivity index (χ3n) is 6.83. The summed E-state index contributed by atoms with van der Waals surface area (Å²) in [6.07, 6.45) is 5.80. The first-order chi connectivity index (χ1) is 14.0. The maximum atomic E-state index is 12.5. The number of hydrogen-bond acceptors (Lipinski definition) is 7. The number of hydrogen-bond donors (Lipinski definition) is 3. The Bertz CT molecular complexity index is 955. The fourth-order valence-corrected chi connectivity index (χ4v) is 5.07. The van der Waals surface area contributed by atoms with E-state index in [1.54, 1.807) is 4.57 Å². The van der Waals surface area contributed by atoms with Gasteiger partial charge in [-0.25, -0.2) is 9.78 Å². The Morgan fingerprint density at radius 1 is 1.24 bits per heavy atom. The largest absolute Gasteiger partial charge is 0.469 e. The highest BCUT2D eigenvalue weighted by atomic mass is 16.5. The highest BCUT2D eigenvalue weighted by Crippen LogP contribution is 2.57. The average molecular weight is 403 g/mol. The van der Waals surface area contributed by atoms with E-state index in [1.165, 1.54) is 7.11 Å².